The number of aromatic nitrogens is 4. The highest BCUT2D eigenvalue weighted by atomic mass is 16.5. The van der Waals surface area contributed by atoms with Crippen LogP contribution in [-0.4, -0.2) is 25.7 Å². The standard InChI is InChI=1S/C38H41N5O2/c1-4-28-16-17-31(39-20-28)25-42-23-30(21-41-42)24-43(32-18-19-36(27(2)3)40-22-32)38(44)35-14-8-13-34-33(35)12-9-15-37(34)45-26-29-10-6-5-7-11-29/h5-7,9-12,15-23,27,35H,4,8,13-14,24-26H2,1-3H3. The van der Waals surface area contributed by atoms with Crippen LogP contribution in [0.3, 0.4) is 0 Å². The number of hydrogen-bond donors (Lipinski definition) is 0. The number of benzene rings is 2. The molecule has 1 aliphatic carbocycles. The third kappa shape index (κ3) is 7.14. The van der Waals surface area contributed by atoms with E-state index >= 15 is 0 Å². The van der Waals surface area contributed by atoms with E-state index < -0.39 is 0 Å². The lowest BCUT2D eigenvalue weighted by Gasteiger charge is -2.31. The molecule has 45 heavy (non-hydrogen) atoms. The van der Waals surface area contributed by atoms with Crippen molar-refractivity contribution in [2.75, 3.05) is 4.90 Å². The maximum atomic E-state index is 14.6. The Morgan fingerprint density at radius 3 is 2.53 bits per heavy atom. The van der Waals surface area contributed by atoms with E-state index in [1.54, 1.807) is 0 Å². The van der Waals surface area contributed by atoms with Crippen LogP contribution in [0.15, 0.2) is 97.6 Å². The summed E-state index contributed by atoms with van der Waals surface area (Å²) in [6.45, 7) is 7.85. The Morgan fingerprint density at radius 1 is 0.933 bits per heavy atom. The molecule has 0 N–H and O–H groups in total. The van der Waals surface area contributed by atoms with Gasteiger partial charge in [0.15, 0.2) is 0 Å². The van der Waals surface area contributed by atoms with Gasteiger partial charge in [-0.1, -0.05) is 69.3 Å². The van der Waals surface area contributed by atoms with Crippen molar-refractivity contribution in [2.45, 2.75) is 78.0 Å². The van der Waals surface area contributed by atoms with Crippen molar-refractivity contribution in [3.8, 4) is 5.75 Å². The molecule has 5 aromatic rings. The Kier molecular flexibility index (Phi) is 9.34. The number of rotatable bonds is 11. The molecule has 0 fully saturated rings. The molecule has 230 valence electrons. The number of nitrogens with zero attached hydrogens (tertiary/aromatic N) is 5. The van der Waals surface area contributed by atoms with E-state index in [0.29, 0.717) is 25.6 Å². The van der Waals surface area contributed by atoms with Crippen molar-refractivity contribution in [1.29, 1.82) is 0 Å². The van der Waals surface area contributed by atoms with E-state index in [2.05, 4.69) is 61.2 Å². The van der Waals surface area contributed by atoms with Gasteiger partial charge < -0.3 is 9.64 Å². The third-order valence-electron chi connectivity index (χ3n) is 8.59. The van der Waals surface area contributed by atoms with E-state index in [9.17, 15) is 4.79 Å². The van der Waals surface area contributed by atoms with Gasteiger partial charge in [0.05, 0.1) is 42.8 Å². The van der Waals surface area contributed by atoms with Crippen molar-refractivity contribution in [3.63, 3.8) is 0 Å². The molecule has 6 rings (SSSR count). The molecule has 0 bridgehead atoms. The Morgan fingerprint density at radius 2 is 1.80 bits per heavy atom. The van der Waals surface area contributed by atoms with Gasteiger partial charge in [-0.3, -0.25) is 19.4 Å². The van der Waals surface area contributed by atoms with Gasteiger partial charge in [0.1, 0.15) is 12.4 Å². The van der Waals surface area contributed by atoms with Crippen LogP contribution in [0.5, 0.6) is 5.75 Å². The van der Waals surface area contributed by atoms with E-state index in [1.165, 1.54) is 5.56 Å². The van der Waals surface area contributed by atoms with Gasteiger partial charge in [0.25, 0.3) is 0 Å². The number of hydrogen-bond acceptors (Lipinski definition) is 5. The Bertz CT molecular complexity index is 1710. The number of ether oxygens (including phenoxy) is 1. The molecule has 0 aliphatic heterocycles. The molecule has 1 aliphatic rings. The van der Waals surface area contributed by atoms with Crippen LogP contribution in [0.4, 0.5) is 5.69 Å². The fourth-order valence-electron chi connectivity index (χ4n) is 6.01. The highest BCUT2D eigenvalue weighted by molar-refractivity contribution is 5.98. The van der Waals surface area contributed by atoms with Crippen LogP contribution in [0.2, 0.25) is 0 Å². The van der Waals surface area contributed by atoms with Gasteiger partial charge >= 0.3 is 0 Å². The highest BCUT2D eigenvalue weighted by Gasteiger charge is 2.32. The minimum absolute atomic E-state index is 0.0693. The molecular weight excluding hydrogens is 558 g/mol. The Balaban J connectivity index is 1.26. The van der Waals surface area contributed by atoms with Gasteiger partial charge in [0, 0.05) is 23.7 Å². The summed E-state index contributed by atoms with van der Waals surface area (Å²) < 4.78 is 8.20. The Labute approximate surface area is 265 Å². The fraction of sp³-hybridized carbons (Fsp3) is 0.316. The number of amides is 1. The smallest absolute Gasteiger partial charge is 0.234 e. The van der Waals surface area contributed by atoms with Crippen molar-refractivity contribution in [2.24, 2.45) is 0 Å². The lowest BCUT2D eigenvalue weighted by molar-refractivity contribution is -0.120. The lowest BCUT2D eigenvalue weighted by Crippen LogP contribution is -2.36. The minimum Gasteiger partial charge on any atom is -0.489 e. The van der Waals surface area contributed by atoms with Crippen LogP contribution in [-0.2, 0) is 37.3 Å². The van der Waals surface area contributed by atoms with Gasteiger partial charge in [0.2, 0.25) is 5.91 Å². The molecule has 0 radical (unpaired) electrons. The molecule has 3 heterocycles. The zero-order valence-corrected chi connectivity index (χ0v) is 26.4. The Hall–Kier alpha value is -4.78. The molecular formula is C38H41N5O2. The largest absolute Gasteiger partial charge is 0.489 e. The summed E-state index contributed by atoms with van der Waals surface area (Å²) in [6, 6.07) is 24.5. The van der Waals surface area contributed by atoms with Gasteiger partial charge in [-0.25, -0.2) is 0 Å². The minimum atomic E-state index is -0.268. The summed E-state index contributed by atoms with van der Waals surface area (Å²) in [5, 5.41) is 4.61. The summed E-state index contributed by atoms with van der Waals surface area (Å²) in [6.07, 6.45) is 11.2. The van der Waals surface area contributed by atoms with Crippen LogP contribution >= 0.6 is 0 Å². The van der Waals surface area contributed by atoms with Crippen molar-refractivity contribution < 1.29 is 9.53 Å². The molecule has 0 saturated heterocycles. The van der Waals surface area contributed by atoms with Crippen LogP contribution in [0.1, 0.15) is 84.7 Å². The van der Waals surface area contributed by atoms with Crippen molar-refractivity contribution >= 4 is 11.6 Å². The second-order valence-electron chi connectivity index (χ2n) is 12.1. The summed E-state index contributed by atoms with van der Waals surface area (Å²) in [4.78, 5) is 25.7. The van der Waals surface area contributed by atoms with Gasteiger partial charge in [-0.15, -0.1) is 0 Å². The van der Waals surface area contributed by atoms with Crippen LogP contribution in [0.25, 0.3) is 0 Å². The summed E-state index contributed by atoms with van der Waals surface area (Å²) in [7, 11) is 0. The number of anilines is 1. The van der Waals surface area contributed by atoms with E-state index in [1.807, 2.05) is 76.8 Å². The zero-order valence-electron chi connectivity index (χ0n) is 26.4. The van der Waals surface area contributed by atoms with E-state index in [4.69, 9.17) is 9.72 Å². The number of fused-ring (bicyclic) bond motifs is 1. The van der Waals surface area contributed by atoms with E-state index in [-0.39, 0.29) is 11.8 Å². The maximum absolute atomic E-state index is 14.6. The first kappa shape index (κ1) is 30.3. The topological polar surface area (TPSA) is 73.1 Å². The number of carbonyl (C=O) groups is 1. The normalized spacial score (nSPS) is 14.3. The summed E-state index contributed by atoms with van der Waals surface area (Å²) in [5.41, 5.74) is 8.24. The molecule has 3 aromatic heterocycles. The molecule has 1 unspecified atom stereocenters. The lowest BCUT2D eigenvalue weighted by atomic mass is 9.81. The quantitative estimate of drug-likeness (QED) is 0.156. The summed E-state index contributed by atoms with van der Waals surface area (Å²) >= 11 is 0. The van der Waals surface area contributed by atoms with Crippen LogP contribution < -0.4 is 9.64 Å². The first-order valence-corrected chi connectivity index (χ1v) is 16.0. The number of pyridine rings is 2. The fourth-order valence-corrected chi connectivity index (χ4v) is 6.01. The van der Waals surface area contributed by atoms with Gasteiger partial charge in [-0.2, -0.15) is 5.10 Å². The van der Waals surface area contributed by atoms with E-state index in [0.717, 1.165) is 70.8 Å². The second kappa shape index (κ2) is 13.9. The molecule has 2 aromatic carbocycles. The van der Waals surface area contributed by atoms with Crippen molar-refractivity contribution in [3.05, 3.63) is 137 Å². The molecule has 1 atom stereocenters. The molecule has 7 nitrogen and oxygen atoms in total. The molecule has 7 heteroatoms. The van der Waals surface area contributed by atoms with Crippen molar-refractivity contribution in [1.82, 2.24) is 19.7 Å². The molecule has 0 spiro atoms. The SMILES string of the molecule is CCc1ccc(Cn2cc(CN(C(=O)C3CCCc4c(OCc5ccccc5)cccc43)c3ccc(C(C)C)nc3)cn2)nc1. The third-order valence-corrected chi connectivity index (χ3v) is 8.59. The second-order valence-corrected chi connectivity index (χ2v) is 12.1. The first-order valence-electron chi connectivity index (χ1n) is 16.0. The number of carbonyl (C=O) groups excluding carboxylic acids is 1. The average Bonchev–Trinajstić information content (AvgIpc) is 3.53. The highest BCUT2D eigenvalue weighted by Crippen LogP contribution is 2.39. The first-order chi connectivity index (χ1) is 22.0. The molecule has 1 amide bonds. The maximum Gasteiger partial charge on any atom is 0.234 e. The summed E-state index contributed by atoms with van der Waals surface area (Å²) in [5.74, 6) is 0.973. The zero-order chi connectivity index (χ0) is 31.2. The predicted molar refractivity (Wildman–Crippen MR) is 177 cm³/mol. The monoisotopic (exact) mass is 599 g/mol. The van der Waals surface area contributed by atoms with Gasteiger partial charge in [-0.05, 0) is 78.1 Å². The predicted octanol–water partition coefficient (Wildman–Crippen LogP) is 7.64. The van der Waals surface area contributed by atoms with Crippen LogP contribution in [0, 0.1) is 0 Å². The molecule has 0 saturated carbocycles. The number of aryl methyl sites for hydroxylation is 1. The average molecular weight is 600 g/mol.